The van der Waals surface area contributed by atoms with E-state index in [1.165, 1.54) is 11.2 Å². The predicted molar refractivity (Wildman–Crippen MR) is 122 cm³/mol. The lowest BCUT2D eigenvalue weighted by Crippen LogP contribution is -2.51. The number of amides is 1. The molecule has 5 rings (SSSR count). The van der Waals surface area contributed by atoms with Crippen LogP contribution < -0.4 is 5.32 Å². The van der Waals surface area contributed by atoms with E-state index in [9.17, 15) is 26.4 Å². The minimum Gasteiger partial charge on any atom is -0.326 e. The summed E-state index contributed by atoms with van der Waals surface area (Å²) >= 11 is 0. The third-order valence-electron chi connectivity index (χ3n) is 6.74. The Balaban J connectivity index is 1.47. The summed E-state index contributed by atoms with van der Waals surface area (Å²) in [5.41, 5.74) is 2.50. The first-order valence-corrected chi connectivity index (χ1v) is 12.6. The first-order valence-electron chi connectivity index (χ1n) is 11.1. The largest absolute Gasteiger partial charge is 0.416 e. The summed E-state index contributed by atoms with van der Waals surface area (Å²) in [4.78, 5) is 11.1. The molecule has 7 nitrogen and oxygen atoms in total. The van der Waals surface area contributed by atoms with Crippen LogP contribution in [0.1, 0.15) is 54.1 Å². The zero-order valence-electron chi connectivity index (χ0n) is 18.7. The third kappa shape index (κ3) is 4.34. The number of aromatic nitrogens is 2. The van der Waals surface area contributed by atoms with Crippen molar-refractivity contribution >= 4 is 21.6 Å². The van der Waals surface area contributed by atoms with Gasteiger partial charge in [0.2, 0.25) is 15.9 Å². The molecule has 3 atom stereocenters. The van der Waals surface area contributed by atoms with Gasteiger partial charge in [0.05, 0.1) is 22.7 Å². The quantitative estimate of drug-likeness (QED) is 0.542. The maximum atomic E-state index is 13.7. The Bertz CT molecular complexity index is 1350. The molecule has 2 aromatic carbocycles. The molecule has 2 bridgehead atoms. The fourth-order valence-electron chi connectivity index (χ4n) is 5.22. The number of fused-ring (bicyclic) bond motifs is 4. The molecule has 2 aliphatic heterocycles. The number of hydrogen-bond acceptors (Lipinski definition) is 4. The van der Waals surface area contributed by atoms with Crippen LogP contribution in [0.3, 0.4) is 0 Å². The van der Waals surface area contributed by atoms with Gasteiger partial charge in [-0.15, -0.1) is 0 Å². The number of H-pyrrole nitrogens is 1. The second-order valence-electron chi connectivity index (χ2n) is 9.01. The van der Waals surface area contributed by atoms with Crippen LogP contribution in [0.5, 0.6) is 0 Å². The van der Waals surface area contributed by atoms with Crippen LogP contribution in [0.25, 0.3) is 0 Å². The molecule has 1 aromatic heterocycles. The summed E-state index contributed by atoms with van der Waals surface area (Å²) < 4.78 is 67.7. The molecule has 184 valence electrons. The van der Waals surface area contributed by atoms with Gasteiger partial charge in [-0.2, -0.15) is 22.6 Å². The van der Waals surface area contributed by atoms with E-state index in [4.69, 9.17) is 0 Å². The van der Waals surface area contributed by atoms with Crippen LogP contribution in [-0.2, 0) is 27.4 Å². The monoisotopic (exact) mass is 504 g/mol. The van der Waals surface area contributed by atoms with E-state index in [1.54, 1.807) is 6.20 Å². The number of sulfonamides is 1. The molecular formula is C24H23F3N4O3S. The molecule has 3 unspecified atom stereocenters. The number of halogens is 3. The van der Waals surface area contributed by atoms with Gasteiger partial charge in [0, 0.05) is 36.3 Å². The molecule has 0 aliphatic carbocycles. The molecule has 3 aromatic rings. The van der Waals surface area contributed by atoms with E-state index < -0.39 is 27.8 Å². The van der Waals surface area contributed by atoms with Crippen molar-refractivity contribution in [2.24, 2.45) is 0 Å². The Hall–Kier alpha value is -3.18. The van der Waals surface area contributed by atoms with Gasteiger partial charge < -0.3 is 5.32 Å². The lowest BCUT2D eigenvalue weighted by atomic mass is 9.76. The molecule has 2 N–H and O–H groups in total. The van der Waals surface area contributed by atoms with Crippen molar-refractivity contribution in [1.29, 1.82) is 0 Å². The number of alkyl halides is 3. The molecule has 1 amide bonds. The van der Waals surface area contributed by atoms with Gasteiger partial charge in [0.25, 0.3) is 0 Å². The van der Waals surface area contributed by atoms with Crippen LogP contribution in [-0.4, -0.2) is 34.9 Å². The van der Waals surface area contributed by atoms with Crippen LogP contribution >= 0.6 is 0 Å². The van der Waals surface area contributed by atoms with E-state index in [0.29, 0.717) is 24.9 Å². The Labute approximate surface area is 200 Å². The third-order valence-corrected chi connectivity index (χ3v) is 8.72. The Morgan fingerprint density at radius 2 is 1.77 bits per heavy atom. The highest BCUT2D eigenvalue weighted by Gasteiger charge is 2.48. The zero-order valence-corrected chi connectivity index (χ0v) is 19.5. The van der Waals surface area contributed by atoms with E-state index in [1.807, 2.05) is 24.3 Å². The van der Waals surface area contributed by atoms with Gasteiger partial charge in [-0.3, -0.25) is 9.89 Å². The summed E-state index contributed by atoms with van der Waals surface area (Å²) in [6.07, 6.45) is -1.42. The Morgan fingerprint density at radius 1 is 1.09 bits per heavy atom. The lowest BCUT2D eigenvalue weighted by Gasteiger charge is -2.47. The first kappa shape index (κ1) is 23.6. The van der Waals surface area contributed by atoms with E-state index in [-0.39, 0.29) is 22.8 Å². The first-order chi connectivity index (χ1) is 16.5. The second-order valence-corrected chi connectivity index (χ2v) is 10.8. The van der Waals surface area contributed by atoms with Gasteiger partial charge in [0.1, 0.15) is 0 Å². The number of carbonyl (C=O) groups is 1. The summed E-state index contributed by atoms with van der Waals surface area (Å²) in [6, 6.07) is 10.3. The van der Waals surface area contributed by atoms with Crippen molar-refractivity contribution in [3.05, 3.63) is 77.1 Å². The fraction of sp³-hybridized carbons (Fsp3) is 0.333. The normalized spacial score (nSPS) is 22.5. The highest BCUT2D eigenvalue weighted by molar-refractivity contribution is 7.89. The molecule has 1 fully saturated rings. The van der Waals surface area contributed by atoms with Crippen molar-refractivity contribution in [2.45, 2.75) is 55.3 Å². The lowest BCUT2D eigenvalue weighted by molar-refractivity contribution is -0.137. The molecule has 35 heavy (non-hydrogen) atoms. The summed E-state index contributed by atoms with van der Waals surface area (Å²) in [5, 5.41) is 9.82. The van der Waals surface area contributed by atoms with Crippen molar-refractivity contribution in [1.82, 2.24) is 14.5 Å². The number of aromatic amines is 1. The minimum atomic E-state index is -4.54. The highest BCUT2D eigenvalue weighted by Crippen LogP contribution is 2.49. The number of anilines is 1. The van der Waals surface area contributed by atoms with Crippen molar-refractivity contribution in [3.63, 3.8) is 0 Å². The van der Waals surface area contributed by atoms with Crippen LogP contribution in [0.4, 0.5) is 18.9 Å². The number of nitrogens with zero attached hydrogens (tertiary/aromatic N) is 2. The minimum absolute atomic E-state index is 0.0680. The average Bonchev–Trinajstić information content (AvgIpc) is 3.26. The number of piperidine rings is 1. The van der Waals surface area contributed by atoms with Gasteiger partial charge >= 0.3 is 6.18 Å². The predicted octanol–water partition coefficient (Wildman–Crippen LogP) is 4.62. The number of hydrogen-bond donors (Lipinski definition) is 2. The van der Waals surface area contributed by atoms with Crippen molar-refractivity contribution in [2.75, 3.05) is 5.32 Å². The number of benzene rings is 2. The second kappa shape index (κ2) is 8.49. The van der Waals surface area contributed by atoms with Crippen molar-refractivity contribution < 1.29 is 26.4 Å². The topological polar surface area (TPSA) is 95.2 Å². The molecule has 11 heteroatoms. The maximum Gasteiger partial charge on any atom is 0.416 e. The standard InChI is InChI=1S/C24H23F3N4O3S/c1-14(32)29-18-6-2-15(3-7-18)16-10-19-12-22-21(13-28-30-22)23(11-16)31(19)35(33,34)20-8-4-17(5-9-20)24(25,26)27/h2-9,13,16,19,23H,10-12H2,1H3,(H,28,30)(H,29,32). The van der Waals surface area contributed by atoms with Gasteiger partial charge in [-0.1, -0.05) is 12.1 Å². The molecule has 0 radical (unpaired) electrons. The highest BCUT2D eigenvalue weighted by atomic mass is 32.2. The van der Waals surface area contributed by atoms with E-state index in [0.717, 1.165) is 41.1 Å². The number of carbonyl (C=O) groups excluding carboxylic acids is 1. The zero-order chi connectivity index (χ0) is 25.0. The summed E-state index contributed by atoms with van der Waals surface area (Å²) in [5.74, 6) is -0.0972. The number of rotatable bonds is 4. The number of nitrogens with one attached hydrogen (secondary N) is 2. The van der Waals surface area contributed by atoms with Crippen LogP contribution in [0, 0.1) is 0 Å². The Kier molecular flexibility index (Phi) is 5.71. The molecule has 0 saturated carbocycles. The summed E-state index contributed by atoms with van der Waals surface area (Å²) in [6.45, 7) is 1.43. The van der Waals surface area contributed by atoms with E-state index in [2.05, 4.69) is 15.5 Å². The molecule has 0 spiro atoms. The van der Waals surface area contributed by atoms with Gasteiger partial charge in [-0.25, -0.2) is 8.42 Å². The Morgan fingerprint density at radius 3 is 2.40 bits per heavy atom. The van der Waals surface area contributed by atoms with Crippen molar-refractivity contribution in [3.8, 4) is 0 Å². The smallest absolute Gasteiger partial charge is 0.326 e. The van der Waals surface area contributed by atoms with Gasteiger partial charge in [0.15, 0.2) is 0 Å². The molecule has 1 saturated heterocycles. The van der Waals surface area contributed by atoms with Gasteiger partial charge in [-0.05, 0) is 60.7 Å². The van der Waals surface area contributed by atoms with E-state index >= 15 is 0 Å². The fourth-order valence-corrected chi connectivity index (χ4v) is 7.03. The average molecular weight is 505 g/mol. The van der Waals surface area contributed by atoms with Crippen LogP contribution in [0.15, 0.2) is 59.6 Å². The van der Waals surface area contributed by atoms with Crippen LogP contribution in [0.2, 0.25) is 0 Å². The SMILES string of the molecule is CC(=O)Nc1ccc(C2CC3Cc4[nH]ncc4C(C2)N3S(=O)(=O)c2ccc(C(F)(F)F)cc2)cc1. The molecular weight excluding hydrogens is 481 g/mol. The summed E-state index contributed by atoms with van der Waals surface area (Å²) in [7, 11) is -4.05. The molecule has 3 heterocycles. The maximum absolute atomic E-state index is 13.7. The molecule has 2 aliphatic rings.